The summed E-state index contributed by atoms with van der Waals surface area (Å²) in [7, 11) is -1.06. The number of nitrogens with zero attached hydrogens (tertiary/aromatic N) is 3. The minimum Gasteiger partial charge on any atom is -0.305 e. The number of hydrogen-bond acceptors (Lipinski definition) is 5. The van der Waals surface area contributed by atoms with Gasteiger partial charge in [0.05, 0.1) is 17.9 Å². The van der Waals surface area contributed by atoms with Crippen molar-refractivity contribution in [2.75, 3.05) is 39.5 Å². The first-order valence-electron chi connectivity index (χ1n) is 9.82. The van der Waals surface area contributed by atoms with Gasteiger partial charge in [-0.2, -0.15) is 5.26 Å². The van der Waals surface area contributed by atoms with E-state index in [1.807, 2.05) is 36.4 Å². The summed E-state index contributed by atoms with van der Waals surface area (Å²) in [6, 6.07) is 16.1. The monoisotopic (exact) mass is 412 g/mol. The van der Waals surface area contributed by atoms with Gasteiger partial charge < -0.3 is 4.90 Å². The molecule has 2 aromatic rings. The third kappa shape index (κ3) is 6.38. The minimum absolute atomic E-state index is 0.258. The van der Waals surface area contributed by atoms with Crippen LogP contribution in [0.4, 0.5) is 0 Å². The molecule has 1 aliphatic rings. The van der Waals surface area contributed by atoms with E-state index in [1.165, 1.54) is 6.42 Å². The molecule has 0 radical (unpaired) electrons. The van der Waals surface area contributed by atoms with Crippen LogP contribution in [-0.2, 0) is 23.1 Å². The van der Waals surface area contributed by atoms with E-state index in [4.69, 9.17) is 0 Å². The van der Waals surface area contributed by atoms with Gasteiger partial charge in [0.25, 0.3) is 0 Å². The second kappa shape index (κ2) is 9.51. The molecule has 0 aromatic heterocycles. The molecule has 0 unspecified atom stereocenters. The van der Waals surface area contributed by atoms with E-state index in [1.54, 1.807) is 0 Å². The lowest BCUT2D eigenvalue weighted by Gasteiger charge is -2.20. The van der Waals surface area contributed by atoms with Gasteiger partial charge in [-0.15, -0.1) is 0 Å². The predicted molar refractivity (Wildman–Crippen MR) is 116 cm³/mol. The van der Waals surface area contributed by atoms with Crippen LogP contribution in [0.5, 0.6) is 0 Å². The normalized spacial score (nSPS) is 16.3. The van der Waals surface area contributed by atoms with Crippen molar-refractivity contribution < 1.29 is 8.42 Å². The van der Waals surface area contributed by atoms with Crippen molar-refractivity contribution in [1.82, 2.24) is 14.5 Å². The third-order valence-electron chi connectivity index (χ3n) is 5.23. The molecular weight excluding hydrogens is 384 g/mol. The number of sulfonamides is 1. The molecule has 0 atom stereocenters. The maximum atomic E-state index is 11.2. The molecule has 0 aliphatic carbocycles. The summed E-state index contributed by atoms with van der Waals surface area (Å²) in [6.45, 7) is 5.45. The maximum absolute atomic E-state index is 11.2. The standard InChI is InChI=1S/C22H28N4O2S/c1-25-10-3-11-26(13-12-25)17-19-6-9-22(21(14-19)15-23)20-7-4-18(5-8-20)16-24-29(2,27)28/h4-9,14,24H,3,10-13,16-17H2,1-2H3. The van der Waals surface area contributed by atoms with Gasteiger partial charge in [-0.25, -0.2) is 13.1 Å². The van der Waals surface area contributed by atoms with Crippen LogP contribution in [0.2, 0.25) is 0 Å². The molecule has 1 saturated heterocycles. The highest BCUT2D eigenvalue weighted by Crippen LogP contribution is 2.25. The van der Waals surface area contributed by atoms with Crippen LogP contribution in [0, 0.1) is 11.3 Å². The molecule has 0 bridgehead atoms. The Balaban J connectivity index is 1.72. The molecule has 7 heteroatoms. The Hall–Kier alpha value is -2.24. The van der Waals surface area contributed by atoms with Gasteiger partial charge in [0, 0.05) is 26.2 Å². The Kier molecular flexibility index (Phi) is 7.04. The molecule has 1 fully saturated rings. The van der Waals surface area contributed by atoms with Gasteiger partial charge in [0.15, 0.2) is 0 Å². The molecular formula is C22H28N4O2S. The van der Waals surface area contributed by atoms with E-state index in [0.717, 1.165) is 61.2 Å². The zero-order chi connectivity index (χ0) is 20.9. The van der Waals surface area contributed by atoms with Gasteiger partial charge in [0.1, 0.15) is 0 Å². The SMILES string of the molecule is CN1CCCN(Cc2ccc(-c3ccc(CNS(C)(=O)=O)cc3)c(C#N)c2)CC1. The molecule has 1 aliphatic heterocycles. The summed E-state index contributed by atoms with van der Waals surface area (Å²) < 4.78 is 25.0. The molecule has 6 nitrogen and oxygen atoms in total. The van der Waals surface area contributed by atoms with Crippen molar-refractivity contribution in [3.63, 3.8) is 0 Å². The molecule has 1 N–H and O–H groups in total. The first kappa shape index (κ1) is 21.5. The van der Waals surface area contributed by atoms with Crippen molar-refractivity contribution >= 4 is 10.0 Å². The first-order valence-corrected chi connectivity index (χ1v) is 11.7. The summed E-state index contributed by atoms with van der Waals surface area (Å²) >= 11 is 0. The number of nitriles is 1. The largest absolute Gasteiger partial charge is 0.305 e. The fourth-order valence-electron chi connectivity index (χ4n) is 3.57. The van der Waals surface area contributed by atoms with Crippen LogP contribution in [-0.4, -0.2) is 57.7 Å². The summed E-state index contributed by atoms with van der Waals surface area (Å²) in [4.78, 5) is 4.81. The van der Waals surface area contributed by atoms with Crippen LogP contribution in [0.3, 0.4) is 0 Å². The molecule has 154 valence electrons. The second-order valence-electron chi connectivity index (χ2n) is 7.71. The zero-order valence-corrected chi connectivity index (χ0v) is 17.9. The number of rotatable bonds is 6. The highest BCUT2D eigenvalue weighted by atomic mass is 32.2. The molecule has 1 heterocycles. The third-order valence-corrected chi connectivity index (χ3v) is 5.89. The van der Waals surface area contributed by atoms with Gasteiger partial charge in [-0.1, -0.05) is 36.4 Å². The minimum atomic E-state index is -3.22. The van der Waals surface area contributed by atoms with E-state index in [0.29, 0.717) is 5.56 Å². The Bertz CT molecular complexity index is 981. The Morgan fingerprint density at radius 1 is 1.03 bits per heavy atom. The van der Waals surface area contributed by atoms with Crippen molar-refractivity contribution in [3.05, 3.63) is 59.2 Å². The van der Waals surface area contributed by atoms with Gasteiger partial charge >= 0.3 is 0 Å². The fourth-order valence-corrected chi connectivity index (χ4v) is 4.00. The number of likely N-dealkylation sites (N-methyl/N-ethyl adjacent to an activating group) is 1. The predicted octanol–water partition coefficient (Wildman–Crippen LogP) is 2.41. The van der Waals surface area contributed by atoms with Crippen molar-refractivity contribution in [2.24, 2.45) is 0 Å². The lowest BCUT2D eigenvalue weighted by Crippen LogP contribution is -2.28. The lowest BCUT2D eigenvalue weighted by atomic mass is 9.97. The smallest absolute Gasteiger partial charge is 0.209 e. The van der Waals surface area contributed by atoms with Crippen LogP contribution < -0.4 is 4.72 Å². The molecule has 3 rings (SSSR count). The number of nitrogens with one attached hydrogen (secondary N) is 1. The van der Waals surface area contributed by atoms with Gasteiger partial charge in [-0.3, -0.25) is 4.90 Å². The van der Waals surface area contributed by atoms with E-state index in [9.17, 15) is 13.7 Å². The Morgan fingerprint density at radius 2 is 1.76 bits per heavy atom. The lowest BCUT2D eigenvalue weighted by molar-refractivity contribution is 0.269. The molecule has 0 amide bonds. The van der Waals surface area contributed by atoms with Crippen LogP contribution >= 0.6 is 0 Å². The van der Waals surface area contributed by atoms with E-state index in [2.05, 4.69) is 33.7 Å². The van der Waals surface area contributed by atoms with E-state index < -0.39 is 10.0 Å². The highest BCUT2D eigenvalue weighted by Gasteiger charge is 2.14. The zero-order valence-electron chi connectivity index (χ0n) is 17.1. The summed E-state index contributed by atoms with van der Waals surface area (Å²) in [5.74, 6) is 0. The summed E-state index contributed by atoms with van der Waals surface area (Å²) in [6.07, 6.45) is 2.31. The Morgan fingerprint density at radius 3 is 2.45 bits per heavy atom. The van der Waals surface area contributed by atoms with Gasteiger partial charge in [0.2, 0.25) is 10.0 Å². The van der Waals surface area contributed by atoms with Crippen molar-refractivity contribution in [2.45, 2.75) is 19.5 Å². The van der Waals surface area contributed by atoms with Gasteiger partial charge in [-0.05, 0) is 54.9 Å². The average Bonchev–Trinajstić information content (AvgIpc) is 2.90. The first-order chi connectivity index (χ1) is 13.8. The summed E-state index contributed by atoms with van der Waals surface area (Å²) in [5, 5.41) is 9.67. The number of benzene rings is 2. The average molecular weight is 413 g/mol. The Labute approximate surface area is 173 Å². The topological polar surface area (TPSA) is 76.4 Å². The molecule has 0 saturated carbocycles. The quantitative estimate of drug-likeness (QED) is 0.789. The fraction of sp³-hybridized carbons (Fsp3) is 0.409. The molecule has 29 heavy (non-hydrogen) atoms. The van der Waals surface area contributed by atoms with E-state index in [-0.39, 0.29) is 6.54 Å². The second-order valence-corrected chi connectivity index (χ2v) is 9.55. The van der Waals surface area contributed by atoms with E-state index >= 15 is 0 Å². The van der Waals surface area contributed by atoms with Crippen molar-refractivity contribution in [1.29, 1.82) is 5.26 Å². The molecule has 2 aromatic carbocycles. The summed E-state index contributed by atoms with van der Waals surface area (Å²) in [5.41, 5.74) is 4.54. The molecule has 0 spiro atoms. The van der Waals surface area contributed by atoms with Crippen LogP contribution in [0.1, 0.15) is 23.1 Å². The highest BCUT2D eigenvalue weighted by molar-refractivity contribution is 7.88. The van der Waals surface area contributed by atoms with Crippen LogP contribution in [0.25, 0.3) is 11.1 Å². The number of hydrogen-bond donors (Lipinski definition) is 1. The maximum Gasteiger partial charge on any atom is 0.209 e. The van der Waals surface area contributed by atoms with Crippen LogP contribution in [0.15, 0.2) is 42.5 Å². The van der Waals surface area contributed by atoms with Crippen molar-refractivity contribution in [3.8, 4) is 17.2 Å².